The number of alkyl halides is 4. The Morgan fingerprint density at radius 2 is 1.77 bits per heavy atom. The van der Waals surface area contributed by atoms with Crippen LogP contribution in [0.15, 0.2) is 41.1 Å². The van der Waals surface area contributed by atoms with Crippen LogP contribution in [-0.4, -0.2) is 10.1 Å². The average Bonchev–Trinajstić information content (AvgIpc) is 3.50. The van der Waals surface area contributed by atoms with Crippen LogP contribution in [0.25, 0.3) is 11.1 Å². The molecule has 2 aliphatic rings. The van der Waals surface area contributed by atoms with Gasteiger partial charge in [-0.1, -0.05) is 38.8 Å². The molecular weight excluding hydrogens is 474 g/mol. The molecule has 0 unspecified atom stereocenters. The number of aliphatic hydroxyl groups excluding tert-OH is 1. The maximum absolute atomic E-state index is 16.5. The van der Waals surface area contributed by atoms with Gasteiger partial charge in [-0.25, -0.2) is 4.39 Å². The highest BCUT2D eigenvalue weighted by Gasteiger charge is 2.39. The smallest absolute Gasteiger partial charge is 0.388 e. The van der Waals surface area contributed by atoms with Crippen LogP contribution in [0.2, 0.25) is 0 Å². The molecule has 1 fully saturated rings. The second kappa shape index (κ2) is 9.00. The third kappa shape index (κ3) is 4.65. The predicted octanol–water partition coefficient (Wildman–Crippen LogP) is 8.55. The van der Waals surface area contributed by atoms with E-state index < -0.39 is 24.0 Å². The first-order valence-corrected chi connectivity index (χ1v) is 13.1. The number of fused-ring (bicyclic) bond motifs is 1. The lowest BCUT2D eigenvalue weighted by Crippen LogP contribution is -2.29. The van der Waals surface area contributed by atoms with Gasteiger partial charge in [0.05, 0.1) is 17.4 Å². The van der Waals surface area contributed by atoms with Crippen LogP contribution in [0.3, 0.4) is 0 Å². The lowest BCUT2D eigenvalue weighted by Gasteiger charge is -2.37. The van der Waals surface area contributed by atoms with Crippen LogP contribution in [0.4, 0.5) is 17.6 Å². The lowest BCUT2D eigenvalue weighted by molar-refractivity contribution is -0.137. The Kier molecular flexibility index (Phi) is 6.29. The summed E-state index contributed by atoms with van der Waals surface area (Å²) in [7, 11) is 0. The standard InChI is InChI=1S/C28H29F4NOS/c1-27(2)13-20-23(21(34)14-27)22(18-11-12-35-15-18)24(26(33-20)17-5-3-4-6-17)25(29)16-7-9-19(10-8-16)28(30,31)32/h7-12,15,17,21,25,34H,3-6,13-14H2,1-2H3/t21-,25-/m0/s1. The summed E-state index contributed by atoms with van der Waals surface area (Å²) in [5.74, 6) is 0.0996. The largest absolute Gasteiger partial charge is 0.416 e. The summed E-state index contributed by atoms with van der Waals surface area (Å²) >= 11 is 1.50. The predicted molar refractivity (Wildman–Crippen MR) is 130 cm³/mol. The van der Waals surface area contributed by atoms with Gasteiger partial charge in [0.15, 0.2) is 6.17 Å². The first-order chi connectivity index (χ1) is 16.5. The molecule has 2 heterocycles. The van der Waals surface area contributed by atoms with Crippen molar-refractivity contribution in [3.8, 4) is 11.1 Å². The molecule has 0 radical (unpaired) electrons. The number of pyridine rings is 1. The van der Waals surface area contributed by atoms with Crippen molar-refractivity contribution in [1.29, 1.82) is 0 Å². The molecule has 2 nitrogen and oxygen atoms in total. The monoisotopic (exact) mass is 503 g/mol. The van der Waals surface area contributed by atoms with E-state index in [1.165, 1.54) is 23.5 Å². The van der Waals surface area contributed by atoms with Crippen LogP contribution < -0.4 is 0 Å². The molecule has 1 N–H and O–H groups in total. The van der Waals surface area contributed by atoms with Gasteiger partial charge in [-0.3, -0.25) is 4.98 Å². The minimum absolute atomic E-state index is 0.0996. The fourth-order valence-electron chi connectivity index (χ4n) is 5.82. The maximum Gasteiger partial charge on any atom is 0.416 e. The molecule has 7 heteroatoms. The number of aromatic nitrogens is 1. The van der Waals surface area contributed by atoms with E-state index >= 15 is 4.39 Å². The number of rotatable bonds is 4. The highest BCUT2D eigenvalue weighted by atomic mass is 32.1. The Balaban J connectivity index is 1.74. The zero-order chi connectivity index (χ0) is 25.0. The van der Waals surface area contributed by atoms with E-state index in [2.05, 4.69) is 13.8 Å². The molecule has 0 bridgehead atoms. The fourth-order valence-corrected chi connectivity index (χ4v) is 6.47. The molecule has 2 aromatic heterocycles. The second-order valence-corrected chi connectivity index (χ2v) is 11.5. The minimum Gasteiger partial charge on any atom is -0.388 e. The number of thiophene rings is 1. The highest BCUT2D eigenvalue weighted by molar-refractivity contribution is 7.08. The molecular formula is C28H29F4NOS. The van der Waals surface area contributed by atoms with E-state index in [9.17, 15) is 18.3 Å². The summed E-state index contributed by atoms with van der Waals surface area (Å²) in [6.07, 6.45) is -1.78. The van der Waals surface area contributed by atoms with E-state index in [1.807, 2.05) is 16.8 Å². The third-order valence-electron chi connectivity index (χ3n) is 7.44. The zero-order valence-corrected chi connectivity index (χ0v) is 20.6. The fraction of sp³-hybridized carbons (Fsp3) is 0.464. The molecule has 1 aromatic carbocycles. The van der Waals surface area contributed by atoms with Gasteiger partial charge in [0.2, 0.25) is 0 Å². The van der Waals surface area contributed by atoms with E-state index in [4.69, 9.17) is 4.98 Å². The first-order valence-electron chi connectivity index (χ1n) is 12.1. The summed E-state index contributed by atoms with van der Waals surface area (Å²) < 4.78 is 55.9. The lowest BCUT2D eigenvalue weighted by atomic mass is 9.71. The number of hydrogen-bond acceptors (Lipinski definition) is 3. The van der Waals surface area contributed by atoms with Gasteiger partial charge in [-0.15, -0.1) is 0 Å². The Morgan fingerprint density at radius 3 is 2.37 bits per heavy atom. The van der Waals surface area contributed by atoms with Crippen LogP contribution in [0.1, 0.15) is 97.8 Å². The molecule has 0 aliphatic heterocycles. The Hall–Kier alpha value is -2.25. The van der Waals surface area contributed by atoms with Crippen molar-refractivity contribution in [2.45, 2.75) is 76.7 Å². The van der Waals surface area contributed by atoms with Gasteiger partial charge in [-0.05, 0) is 76.7 Å². The molecule has 2 aliphatic carbocycles. The van der Waals surface area contributed by atoms with Crippen molar-refractivity contribution in [1.82, 2.24) is 4.98 Å². The summed E-state index contributed by atoms with van der Waals surface area (Å²) in [5, 5.41) is 15.1. The summed E-state index contributed by atoms with van der Waals surface area (Å²) in [4.78, 5) is 5.04. The van der Waals surface area contributed by atoms with Gasteiger partial charge in [0.25, 0.3) is 0 Å². The molecule has 0 amide bonds. The molecule has 3 aromatic rings. The zero-order valence-electron chi connectivity index (χ0n) is 19.8. The molecule has 0 saturated heterocycles. The summed E-state index contributed by atoms with van der Waals surface area (Å²) in [6.45, 7) is 4.21. The van der Waals surface area contributed by atoms with Crippen molar-refractivity contribution in [2.75, 3.05) is 0 Å². The Labute approximate surface area is 207 Å². The normalized spacial score (nSPS) is 21.2. The molecule has 35 heavy (non-hydrogen) atoms. The van der Waals surface area contributed by atoms with Crippen molar-refractivity contribution >= 4 is 11.3 Å². The van der Waals surface area contributed by atoms with E-state index in [-0.39, 0.29) is 16.9 Å². The Bertz CT molecular complexity index is 1200. The highest BCUT2D eigenvalue weighted by Crippen LogP contribution is 2.51. The summed E-state index contributed by atoms with van der Waals surface area (Å²) in [6, 6.07) is 6.24. The van der Waals surface area contributed by atoms with Gasteiger partial charge in [-0.2, -0.15) is 24.5 Å². The third-order valence-corrected chi connectivity index (χ3v) is 8.13. The van der Waals surface area contributed by atoms with Gasteiger partial charge in [0.1, 0.15) is 0 Å². The van der Waals surface area contributed by atoms with Crippen LogP contribution >= 0.6 is 11.3 Å². The van der Waals surface area contributed by atoms with E-state index in [1.54, 1.807) is 0 Å². The van der Waals surface area contributed by atoms with Crippen molar-refractivity contribution < 1.29 is 22.7 Å². The molecule has 5 rings (SSSR count). The SMILES string of the molecule is CC1(C)Cc2nc(C3CCCC3)c([C@@H](F)c3ccc(C(F)(F)F)cc3)c(-c3ccsc3)c2[C@@H](O)C1. The summed E-state index contributed by atoms with van der Waals surface area (Å²) in [5.41, 5.74) is 3.35. The molecule has 1 saturated carbocycles. The molecule has 0 spiro atoms. The first kappa shape index (κ1) is 24.4. The number of benzene rings is 1. The van der Waals surface area contributed by atoms with Crippen molar-refractivity contribution in [3.05, 3.63) is 74.7 Å². The van der Waals surface area contributed by atoms with E-state index in [0.717, 1.165) is 49.1 Å². The van der Waals surface area contributed by atoms with Crippen molar-refractivity contribution in [2.24, 2.45) is 5.41 Å². The maximum atomic E-state index is 16.5. The number of aliphatic hydroxyl groups is 1. The van der Waals surface area contributed by atoms with Gasteiger partial charge >= 0.3 is 6.18 Å². The topological polar surface area (TPSA) is 33.1 Å². The molecule has 2 atom stereocenters. The van der Waals surface area contributed by atoms with Crippen LogP contribution in [-0.2, 0) is 12.6 Å². The average molecular weight is 504 g/mol. The quantitative estimate of drug-likeness (QED) is 0.362. The minimum atomic E-state index is -4.48. The van der Waals surface area contributed by atoms with Crippen LogP contribution in [0.5, 0.6) is 0 Å². The van der Waals surface area contributed by atoms with Crippen LogP contribution in [0, 0.1) is 5.41 Å². The van der Waals surface area contributed by atoms with E-state index in [0.29, 0.717) is 35.2 Å². The molecule has 186 valence electrons. The van der Waals surface area contributed by atoms with Gasteiger partial charge < -0.3 is 5.11 Å². The Morgan fingerprint density at radius 1 is 1.09 bits per heavy atom. The van der Waals surface area contributed by atoms with Crippen molar-refractivity contribution in [3.63, 3.8) is 0 Å². The number of halogens is 4. The number of hydrogen-bond donors (Lipinski definition) is 1. The van der Waals surface area contributed by atoms with Gasteiger partial charge in [0, 0.05) is 22.7 Å². The number of nitrogens with zero attached hydrogens (tertiary/aromatic N) is 1. The second-order valence-electron chi connectivity index (χ2n) is 10.7.